The highest BCUT2D eigenvalue weighted by molar-refractivity contribution is 6.03. The van der Waals surface area contributed by atoms with Gasteiger partial charge in [-0.2, -0.15) is 0 Å². The highest BCUT2D eigenvalue weighted by Crippen LogP contribution is 2.22. The number of carboxylic acids is 1. The zero-order valence-electron chi connectivity index (χ0n) is 7.91. The first-order chi connectivity index (χ1) is 7.43. The second-order valence-electron chi connectivity index (χ2n) is 2.92. The van der Waals surface area contributed by atoms with Crippen molar-refractivity contribution < 1.29 is 24.7 Å². The number of rotatable bonds is 4. The van der Waals surface area contributed by atoms with Crippen LogP contribution in [0.1, 0.15) is 20.7 Å². The predicted octanol–water partition coefficient (Wildman–Crippen LogP) is 0.550. The van der Waals surface area contributed by atoms with Crippen LogP contribution in [0, 0.1) is 10.1 Å². The first kappa shape index (κ1) is 11.6. The molecule has 0 atom stereocenters. The molecule has 0 heterocycles. The van der Waals surface area contributed by atoms with Crippen LogP contribution in [-0.4, -0.2) is 33.4 Å². The molecule has 0 saturated carbocycles. The predicted molar refractivity (Wildman–Crippen MR) is 51.3 cm³/mol. The first-order valence-corrected chi connectivity index (χ1v) is 4.13. The largest absolute Gasteiger partial charge is 0.506 e. The van der Waals surface area contributed by atoms with Crippen molar-refractivity contribution in [3.8, 4) is 5.75 Å². The van der Waals surface area contributed by atoms with E-state index in [2.05, 4.69) is 0 Å². The van der Waals surface area contributed by atoms with Gasteiger partial charge in [-0.05, 0) is 12.1 Å². The highest BCUT2D eigenvalue weighted by atomic mass is 16.6. The summed E-state index contributed by atoms with van der Waals surface area (Å²) in [6.07, 6.45) is 0. The van der Waals surface area contributed by atoms with E-state index in [4.69, 9.17) is 5.11 Å². The van der Waals surface area contributed by atoms with Crippen molar-refractivity contribution in [3.63, 3.8) is 0 Å². The topological polar surface area (TPSA) is 118 Å². The monoisotopic (exact) mass is 225 g/mol. The fraction of sp³-hybridized carbons (Fsp3) is 0.111. The van der Waals surface area contributed by atoms with Gasteiger partial charge in [0.2, 0.25) is 5.78 Å². The van der Waals surface area contributed by atoms with Crippen LogP contribution < -0.4 is 0 Å². The van der Waals surface area contributed by atoms with Gasteiger partial charge in [-0.1, -0.05) is 6.07 Å². The molecule has 1 rings (SSSR count). The van der Waals surface area contributed by atoms with Crippen molar-refractivity contribution in [1.82, 2.24) is 0 Å². The number of nitrogens with zero attached hydrogens (tertiary/aromatic N) is 1. The molecular weight excluding hydrogens is 218 g/mol. The standard InChI is InChI=1S/C9H7NO6/c11-7(4-10(15)16)5-2-1-3-6(8(5)12)9(13)14/h1-3,12H,4H2,(H,13,14). The molecule has 1 aromatic rings. The number of para-hydroxylation sites is 1. The molecule has 0 amide bonds. The SMILES string of the molecule is O=C(O)c1cccc(C(=O)C[N+](=O)[O-])c1O. The number of carbonyl (C=O) groups is 2. The molecular formula is C9H7NO6. The number of carboxylic acid groups (broad SMARTS) is 1. The molecule has 0 fully saturated rings. The third kappa shape index (κ3) is 2.32. The molecule has 0 radical (unpaired) electrons. The summed E-state index contributed by atoms with van der Waals surface area (Å²) in [5.74, 6) is -3.10. The van der Waals surface area contributed by atoms with Gasteiger partial charge in [-0.15, -0.1) is 0 Å². The zero-order chi connectivity index (χ0) is 12.3. The van der Waals surface area contributed by atoms with E-state index >= 15 is 0 Å². The molecule has 7 heteroatoms. The molecule has 0 aromatic heterocycles. The van der Waals surface area contributed by atoms with Crippen molar-refractivity contribution in [2.45, 2.75) is 0 Å². The van der Waals surface area contributed by atoms with Crippen molar-refractivity contribution >= 4 is 11.8 Å². The number of aromatic hydroxyl groups is 1. The number of phenols is 1. The molecule has 0 unspecified atom stereocenters. The van der Waals surface area contributed by atoms with Gasteiger partial charge >= 0.3 is 5.97 Å². The molecule has 0 spiro atoms. The molecule has 0 bridgehead atoms. The Bertz CT molecular complexity index is 467. The Morgan fingerprint density at radius 2 is 1.88 bits per heavy atom. The average molecular weight is 225 g/mol. The van der Waals surface area contributed by atoms with E-state index in [-0.39, 0.29) is 5.56 Å². The Balaban J connectivity index is 3.15. The summed E-state index contributed by atoms with van der Waals surface area (Å²) in [7, 11) is 0. The maximum atomic E-state index is 11.3. The van der Waals surface area contributed by atoms with Crippen molar-refractivity contribution in [3.05, 3.63) is 39.4 Å². The summed E-state index contributed by atoms with van der Waals surface area (Å²) in [5.41, 5.74) is -0.828. The van der Waals surface area contributed by atoms with E-state index in [1.807, 2.05) is 0 Å². The van der Waals surface area contributed by atoms with Crippen LogP contribution in [0.5, 0.6) is 5.75 Å². The number of hydrogen-bond donors (Lipinski definition) is 2. The van der Waals surface area contributed by atoms with E-state index in [9.17, 15) is 24.8 Å². The molecule has 16 heavy (non-hydrogen) atoms. The molecule has 84 valence electrons. The highest BCUT2D eigenvalue weighted by Gasteiger charge is 2.20. The number of benzene rings is 1. The summed E-state index contributed by atoms with van der Waals surface area (Å²) in [6.45, 7) is -0.989. The van der Waals surface area contributed by atoms with Crippen LogP contribution in [0.25, 0.3) is 0 Å². The fourth-order valence-electron chi connectivity index (χ4n) is 1.14. The fourth-order valence-corrected chi connectivity index (χ4v) is 1.14. The number of ketones is 1. The minimum absolute atomic E-state index is 0.364. The smallest absolute Gasteiger partial charge is 0.339 e. The Labute approximate surface area is 89.1 Å². The molecule has 0 aliphatic heterocycles. The summed E-state index contributed by atoms with van der Waals surface area (Å²) in [6, 6.07) is 3.46. The van der Waals surface area contributed by atoms with E-state index in [0.717, 1.165) is 12.1 Å². The van der Waals surface area contributed by atoms with E-state index in [1.165, 1.54) is 6.07 Å². The van der Waals surface area contributed by atoms with Crippen LogP contribution >= 0.6 is 0 Å². The minimum atomic E-state index is -1.41. The van der Waals surface area contributed by atoms with Gasteiger partial charge in [0.15, 0.2) is 0 Å². The Morgan fingerprint density at radius 1 is 1.31 bits per heavy atom. The summed E-state index contributed by atoms with van der Waals surface area (Å²) in [4.78, 5) is 31.1. The van der Waals surface area contributed by atoms with Gasteiger partial charge < -0.3 is 10.2 Å². The van der Waals surface area contributed by atoms with Gasteiger partial charge in [0.05, 0.1) is 5.56 Å². The molecule has 7 nitrogen and oxygen atoms in total. The summed E-state index contributed by atoms with van der Waals surface area (Å²) in [5, 5.41) is 28.2. The van der Waals surface area contributed by atoms with Crippen molar-refractivity contribution in [2.24, 2.45) is 0 Å². The lowest BCUT2D eigenvalue weighted by Crippen LogP contribution is -2.14. The van der Waals surface area contributed by atoms with Crippen molar-refractivity contribution in [2.75, 3.05) is 6.54 Å². The van der Waals surface area contributed by atoms with Gasteiger partial charge in [-0.3, -0.25) is 14.9 Å². The second-order valence-corrected chi connectivity index (χ2v) is 2.92. The van der Waals surface area contributed by atoms with Crippen LogP contribution in [0.4, 0.5) is 0 Å². The van der Waals surface area contributed by atoms with Crippen LogP contribution in [0.2, 0.25) is 0 Å². The maximum Gasteiger partial charge on any atom is 0.339 e. The van der Waals surface area contributed by atoms with Gasteiger partial charge in [0.1, 0.15) is 11.3 Å². The third-order valence-corrected chi connectivity index (χ3v) is 1.84. The molecule has 0 aliphatic rings. The number of aromatic carboxylic acids is 1. The zero-order valence-corrected chi connectivity index (χ0v) is 7.91. The van der Waals surface area contributed by atoms with Crippen molar-refractivity contribution in [1.29, 1.82) is 0 Å². The molecule has 1 aromatic carbocycles. The van der Waals surface area contributed by atoms with Gasteiger partial charge in [-0.25, -0.2) is 4.79 Å². The summed E-state index contributed by atoms with van der Waals surface area (Å²) >= 11 is 0. The molecule has 0 saturated heterocycles. The lowest BCUT2D eigenvalue weighted by molar-refractivity contribution is -0.465. The van der Waals surface area contributed by atoms with Gasteiger partial charge in [0.25, 0.3) is 6.54 Å². The molecule has 2 N–H and O–H groups in total. The maximum absolute atomic E-state index is 11.3. The lowest BCUT2D eigenvalue weighted by Gasteiger charge is -2.03. The normalized spacial score (nSPS) is 9.75. The quantitative estimate of drug-likeness (QED) is 0.438. The minimum Gasteiger partial charge on any atom is -0.506 e. The van der Waals surface area contributed by atoms with E-state index in [0.29, 0.717) is 0 Å². The Hall–Kier alpha value is -2.44. The Morgan fingerprint density at radius 3 is 2.38 bits per heavy atom. The summed E-state index contributed by atoms with van der Waals surface area (Å²) < 4.78 is 0. The average Bonchev–Trinajstić information content (AvgIpc) is 2.16. The number of carbonyl (C=O) groups excluding carboxylic acids is 1. The van der Waals surface area contributed by atoms with Crippen LogP contribution in [0.15, 0.2) is 18.2 Å². The number of Topliss-reactive ketones (excluding diaryl/α,β-unsaturated/α-hetero) is 1. The third-order valence-electron chi connectivity index (χ3n) is 1.84. The van der Waals surface area contributed by atoms with Crippen LogP contribution in [0.3, 0.4) is 0 Å². The molecule has 0 aliphatic carbocycles. The van der Waals surface area contributed by atoms with E-state index in [1.54, 1.807) is 0 Å². The van der Waals surface area contributed by atoms with Gasteiger partial charge in [0, 0.05) is 4.92 Å². The second kappa shape index (κ2) is 4.39. The first-order valence-electron chi connectivity index (χ1n) is 4.13. The number of hydrogen-bond acceptors (Lipinski definition) is 5. The Kier molecular flexibility index (Phi) is 3.19. The lowest BCUT2D eigenvalue weighted by atomic mass is 10.1. The van der Waals surface area contributed by atoms with Crippen LogP contribution in [-0.2, 0) is 0 Å². The van der Waals surface area contributed by atoms with E-state index < -0.39 is 34.5 Å². The number of nitro groups is 1.